The van der Waals surface area contributed by atoms with E-state index in [0.717, 1.165) is 38.5 Å². The highest BCUT2D eigenvalue weighted by Gasteiger charge is 2.17. The lowest BCUT2D eigenvalue weighted by Crippen LogP contribution is -2.46. The number of hydrogen-bond donors (Lipinski definition) is 0. The van der Waals surface area contributed by atoms with Crippen molar-refractivity contribution in [2.24, 2.45) is 0 Å². The van der Waals surface area contributed by atoms with E-state index in [4.69, 9.17) is 0 Å². The summed E-state index contributed by atoms with van der Waals surface area (Å²) < 4.78 is 4.65. The lowest BCUT2D eigenvalue weighted by Gasteiger charge is -2.34. The van der Waals surface area contributed by atoms with Gasteiger partial charge in [-0.05, 0) is 18.7 Å². The number of pyridine rings is 1. The third-order valence-corrected chi connectivity index (χ3v) is 3.31. The first kappa shape index (κ1) is 12.8. The van der Waals surface area contributed by atoms with Gasteiger partial charge in [-0.2, -0.15) is 0 Å². The Balaban J connectivity index is 2.00. The van der Waals surface area contributed by atoms with Gasteiger partial charge < -0.3 is 14.5 Å². The van der Waals surface area contributed by atoms with E-state index < -0.39 is 0 Å². The van der Waals surface area contributed by atoms with Crippen LogP contribution in [0.3, 0.4) is 0 Å². The highest BCUT2D eigenvalue weighted by molar-refractivity contribution is 5.89. The molecule has 1 saturated heterocycles. The summed E-state index contributed by atoms with van der Waals surface area (Å²) in [6, 6.07) is 3.65. The zero-order valence-electron chi connectivity index (χ0n) is 10.9. The molecule has 0 saturated carbocycles. The molecule has 0 bridgehead atoms. The van der Waals surface area contributed by atoms with Crippen LogP contribution in [0.2, 0.25) is 0 Å². The monoisotopic (exact) mass is 249 g/mol. The van der Waals surface area contributed by atoms with Gasteiger partial charge in [-0.25, -0.2) is 9.78 Å². The number of rotatable bonds is 3. The number of carbonyl (C=O) groups excluding carboxylic acids is 1. The van der Waals surface area contributed by atoms with Crippen molar-refractivity contribution in [1.82, 2.24) is 9.88 Å². The molecule has 98 valence electrons. The Morgan fingerprint density at radius 3 is 2.56 bits per heavy atom. The minimum absolute atomic E-state index is 0.343. The molecule has 1 aromatic heterocycles. The average Bonchev–Trinajstić information content (AvgIpc) is 2.47. The van der Waals surface area contributed by atoms with E-state index in [1.807, 2.05) is 6.07 Å². The first-order chi connectivity index (χ1) is 8.74. The molecule has 0 atom stereocenters. The minimum Gasteiger partial charge on any atom is -0.465 e. The molecule has 0 aromatic carbocycles. The molecule has 0 N–H and O–H groups in total. The number of likely N-dealkylation sites (N-methyl/N-ethyl adjacent to an activating group) is 1. The number of aromatic nitrogens is 1. The molecule has 2 heterocycles. The normalized spacial score (nSPS) is 16.7. The Hall–Kier alpha value is -1.62. The Labute approximate surface area is 107 Å². The third-order valence-electron chi connectivity index (χ3n) is 3.31. The molecule has 1 aliphatic rings. The van der Waals surface area contributed by atoms with Gasteiger partial charge in [0.25, 0.3) is 0 Å². The van der Waals surface area contributed by atoms with Crippen molar-refractivity contribution in [3.63, 3.8) is 0 Å². The topological polar surface area (TPSA) is 45.7 Å². The van der Waals surface area contributed by atoms with Crippen LogP contribution in [0.4, 0.5) is 5.82 Å². The van der Waals surface area contributed by atoms with Crippen LogP contribution < -0.4 is 4.90 Å². The van der Waals surface area contributed by atoms with Crippen molar-refractivity contribution in [1.29, 1.82) is 0 Å². The molecule has 2 rings (SSSR count). The molecule has 1 fully saturated rings. The Morgan fingerprint density at radius 1 is 1.33 bits per heavy atom. The number of anilines is 1. The second-order valence-corrected chi connectivity index (χ2v) is 4.32. The smallest absolute Gasteiger partial charge is 0.339 e. The molecule has 0 amide bonds. The summed E-state index contributed by atoms with van der Waals surface area (Å²) in [7, 11) is 1.38. The standard InChI is InChI=1S/C13H19N3O2/c1-3-15-6-8-16(9-7-15)12-5-4-11(10-14-12)13(17)18-2/h4-5,10H,3,6-9H2,1-2H3. The number of nitrogens with zero attached hydrogens (tertiary/aromatic N) is 3. The van der Waals surface area contributed by atoms with Gasteiger partial charge in [0, 0.05) is 32.4 Å². The fourth-order valence-electron chi connectivity index (χ4n) is 2.10. The van der Waals surface area contributed by atoms with Crippen LogP contribution in [0, 0.1) is 0 Å². The lowest BCUT2D eigenvalue weighted by atomic mass is 10.2. The second-order valence-electron chi connectivity index (χ2n) is 4.32. The maximum atomic E-state index is 11.3. The van der Waals surface area contributed by atoms with Crippen molar-refractivity contribution in [3.05, 3.63) is 23.9 Å². The summed E-state index contributed by atoms with van der Waals surface area (Å²) in [5.74, 6) is 0.586. The van der Waals surface area contributed by atoms with Crippen molar-refractivity contribution >= 4 is 11.8 Å². The summed E-state index contributed by atoms with van der Waals surface area (Å²) in [5, 5.41) is 0. The van der Waals surface area contributed by atoms with Gasteiger partial charge in [0.2, 0.25) is 0 Å². The van der Waals surface area contributed by atoms with E-state index in [-0.39, 0.29) is 5.97 Å². The van der Waals surface area contributed by atoms with Crippen molar-refractivity contribution in [3.8, 4) is 0 Å². The molecule has 0 aliphatic carbocycles. The summed E-state index contributed by atoms with van der Waals surface area (Å²) in [5.41, 5.74) is 0.494. The molecule has 1 aliphatic heterocycles. The first-order valence-corrected chi connectivity index (χ1v) is 6.26. The highest BCUT2D eigenvalue weighted by Crippen LogP contribution is 2.14. The van der Waals surface area contributed by atoms with E-state index in [1.165, 1.54) is 7.11 Å². The van der Waals surface area contributed by atoms with E-state index in [9.17, 15) is 4.79 Å². The van der Waals surface area contributed by atoms with E-state index >= 15 is 0 Å². The number of piperazine rings is 1. The minimum atomic E-state index is -0.343. The van der Waals surface area contributed by atoms with Crippen molar-refractivity contribution in [2.45, 2.75) is 6.92 Å². The predicted molar refractivity (Wildman–Crippen MR) is 69.9 cm³/mol. The fourth-order valence-corrected chi connectivity index (χ4v) is 2.10. The van der Waals surface area contributed by atoms with Crippen LogP contribution in [-0.2, 0) is 4.74 Å². The highest BCUT2D eigenvalue weighted by atomic mass is 16.5. The summed E-state index contributed by atoms with van der Waals surface area (Å²) in [4.78, 5) is 20.3. The van der Waals surface area contributed by atoms with Gasteiger partial charge in [0.05, 0.1) is 12.7 Å². The Morgan fingerprint density at radius 2 is 2.06 bits per heavy atom. The van der Waals surface area contributed by atoms with Crippen LogP contribution in [0.1, 0.15) is 17.3 Å². The third kappa shape index (κ3) is 2.79. The fraction of sp³-hybridized carbons (Fsp3) is 0.538. The summed E-state index contributed by atoms with van der Waals surface area (Å²) in [6.07, 6.45) is 1.58. The summed E-state index contributed by atoms with van der Waals surface area (Å²) >= 11 is 0. The molecular formula is C13H19N3O2. The number of methoxy groups -OCH3 is 1. The van der Waals surface area contributed by atoms with E-state index in [0.29, 0.717) is 5.56 Å². The quantitative estimate of drug-likeness (QED) is 0.748. The first-order valence-electron chi connectivity index (χ1n) is 6.26. The van der Waals surface area contributed by atoms with Gasteiger partial charge in [-0.15, -0.1) is 0 Å². The van der Waals surface area contributed by atoms with Crippen LogP contribution in [-0.4, -0.2) is 55.7 Å². The maximum Gasteiger partial charge on any atom is 0.339 e. The Kier molecular flexibility index (Phi) is 4.15. The van der Waals surface area contributed by atoms with Gasteiger partial charge in [-0.3, -0.25) is 0 Å². The van der Waals surface area contributed by atoms with Crippen LogP contribution in [0.5, 0.6) is 0 Å². The van der Waals surface area contributed by atoms with Gasteiger partial charge in [-0.1, -0.05) is 6.92 Å². The summed E-state index contributed by atoms with van der Waals surface area (Å²) in [6.45, 7) is 7.38. The second kappa shape index (κ2) is 5.82. The van der Waals surface area contributed by atoms with Crippen LogP contribution >= 0.6 is 0 Å². The number of carbonyl (C=O) groups is 1. The molecule has 5 nitrogen and oxygen atoms in total. The van der Waals surface area contributed by atoms with Gasteiger partial charge in [0.1, 0.15) is 5.82 Å². The molecule has 1 aromatic rings. The predicted octanol–water partition coefficient (Wildman–Crippen LogP) is 1.01. The average molecular weight is 249 g/mol. The lowest BCUT2D eigenvalue weighted by molar-refractivity contribution is 0.0600. The van der Waals surface area contributed by atoms with Crippen molar-refractivity contribution in [2.75, 3.05) is 44.7 Å². The van der Waals surface area contributed by atoms with E-state index in [1.54, 1.807) is 12.3 Å². The number of hydrogen-bond acceptors (Lipinski definition) is 5. The van der Waals surface area contributed by atoms with Crippen LogP contribution in [0.25, 0.3) is 0 Å². The number of ether oxygens (including phenoxy) is 1. The number of esters is 1. The molecule has 0 unspecified atom stereocenters. The van der Waals surface area contributed by atoms with Crippen LogP contribution in [0.15, 0.2) is 18.3 Å². The molecular weight excluding hydrogens is 230 g/mol. The zero-order valence-corrected chi connectivity index (χ0v) is 10.9. The van der Waals surface area contributed by atoms with Gasteiger partial charge in [0.15, 0.2) is 0 Å². The molecule has 0 spiro atoms. The Bertz CT molecular complexity index is 397. The SMILES string of the molecule is CCN1CCN(c2ccc(C(=O)OC)cn2)CC1. The zero-order chi connectivity index (χ0) is 13.0. The van der Waals surface area contributed by atoms with E-state index in [2.05, 4.69) is 26.4 Å². The largest absolute Gasteiger partial charge is 0.465 e. The molecule has 0 radical (unpaired) electrons. The molecule has 18 heavy (non-hydrogen) atoms. The maximum absolute atomic E-state index is 11.3. The molecule has 5 heteroatoms. The van der Waals surface area contributed by atoms with Crippen molar-refractivity contribution < 1.29 is 9.53 Å². The van der Waals surface area contributed by atoms with Gasteiger partial charge >= 0.3 is 5.97 Å².